The van der Waals surface area contributed by atoms with Crippen LogP contribution >= 0.6 is 0 Å². The maximum Gasteiger partial charge on any atom is 0.0447 e. The molecule has 2 nitrogen and oxygen atoms in total. The molecule has 1 aliphatic rings. The van der Waals surface area contributed by atoms with Crippen molar-refractivity contribution < 1.29 is 0 Å². The molecule has 0 unspecified atom stereocenters. The molecule has 0 saturated heterocycles. The number of aromatic nitrogens is 2. The van der Waals surface area contributed by atoms with Crippen LogP contribution in [0, 0.1) is 0 Å². The molecule has 4 aromatic carbocycles. The number of hydrogen-bond donors (Lipinski definition) is 0. The van der Waals surface area contributed by atoms with Gasteiger partial charge in [0.1, 0.15) is 0 Å². The summed E-state index contributed by atoms with van der Waals surface area (Å²) < 4.78 is 0. The van der Waals surface area contributed by atoms with Crippen molar-refractivity contribution in [2.75, 3.05) is 0 Å². The molecule has 0 N–H and O–H groups in total. The standard InChI is InChI=1S/C34H26N2/c1-3-11-25-21-27(17-15-23(25)9-1)31-33(29-13-5-7-19-35-29)32(34(31)30-14-6-8-20-36-30)28-18-16-24-10-2-4-12-26(24)22-28/h1-22,31-34H. The van der Waals surface area contributed by atoms with Gasteiger partial charge in [-0.15, -0.1) is 0 Å². The quantitative estimate of drug-likeness (QED) is 0.264. The Kier molecular flexibility index (Phi) is 5.10. The fraction of sp³-hybridized carbons (Fsp3) is 0.118. The summed E-state index contributed by atoms with van der Waals surface area (Å²) in [6.45, 7) is 0. The fourth-order valence-electron chi connectivity index (χ4n) is 6.29. The summed E-state index contributed by atoms with van der Waals surface area (Å²) in [6, 6.07) is 43.8. The average Bonchev–Trinajstić information content (AvgIpc) is 2.94. The van der Waals surface area contributed by atoms with Gasteiger partial charge in [0, 0.05) is 47.5 Å². The topological polar surface area (TPSA) is 25.8 Å². The molecule has 1 aliphatic carbocycles. The fourth-order valence-corrected chi connectivity index (χ4v) is 6.29. The van der Waals surface area contributed by atoms with Gasteiger partial charge in [0.2, 0.25) is 0 Å². The van der Waals surface area contributed by atoms with Crippen LogP contribution in [-0.2, 0) is 0 Å². The van der Waals surface area contributed by atoms with E-state index in [1.807, 2.05) is 24.5 Å². The number of rotatable bonds is 4. The van der Waals surface area contributed by atoms with Gasteiger partial charge in [0.15, 0.2) is 0 Å². The van der Waals surface area contributed by atoms with E-state index in [9.17, 15) is 0 Å². The lowest BCUT2D eigenvalue weighted by Gasteiger charge is -2.52. The van der Waals surface area contributed by atoms with Gasteiger partial charge in [-0.25, -0.2) is 0 Å². The highest BCUT2D eigenvalue weighted by Crippen LogP contribution is 2.66. The molecule has 0 amide bonds. The van der Waals surface area contributed by atoms with Gasteiger partial charge < -0.3 is 0 Å². The van der Waals surface area contributed by atoms with Crippen molar-refractivity contribution in [3.05, 3.63) is 156 Å². The summed E-state index contributed by atoms with van der Waals surface area (Å²) in [6.07, 6.45) is 3.86. The Morgan fingerprint density at radius 1 is 0.361 bits per heavy atom. The molecule has 1 fully saturated rings. The minimum atomic E-state index is 0.264. The third kappa shape index (κ3) is 3.49. The second-order valence-electron chi connectivity index (χ2n) is 9.83. The van der Waals surface area contributed by atoms with E-state index in [-0.39, 0.29) is 23.7 Å². The lowest BCUT2D eigenvalue weighted by atomic mass is 9.50. The molecule has 36 heavy (non-hydrogen) atoms. The molecular formula is C34H26N2. The summed E-state index contributed by atoms with van der Waals surface area (Å²) in [5.41, 5.74) is 5.02. The van der Waals surface area contributed by atoms with Crippen LogP contribution in [0.5, 0.6) is 0 Å². The molecule has 0 bridgehead atoms. The lowest BCUT2D eigenvalue weighted by Crippen LogP contribution is -2.40. The Morgan fingerprint density at radius 2 is 0.778 bits per heavy atom. The summed E-state index contributed by atoms with van der Waals surface area (Å²) in [4.78, 5) is 9.77. The molecule has 0 atom stereocenters. The SMILES string of the molecule is c1ccc(C2C(c3ccc4ccccc4c3)C(c3ccccn3)C2c2ccc3ccccc3c2)nc1. The number of hydrogen-bond acceptors (Lipinski definition) is 2. The predicted octanol–water partition coefficient (Wildman–Crippen LogP) is 8.23. The van der Waals surface area contributed by atoms with Gasteiger partial charge in [-0.1, -0.05) is 97.1 Å². The zero-order valence-corrected chi connectivity index (χ0v) is 19.9. The van der Waals surface area contributed by atoms with Crippen molar-refractivity contribution in [2.24, 2.45) is 0 Å². The van der Waals surface area contributed by atoms with Crippen LogP contribution in [0.25, 0.3) is 21.5 Å². The summed E-state index contributed by atoms with van der Waals surface area (Å²) in [7, 11) is 0. The van der Waals surface area contributed by atoms with E-state index in [4.69, 9.17) is 9.97 Å². The first-order chi connectivity index (χ1) is 17.9. The van der Waals surface area contributed by atoms with Crippen LogP contribution in [0.15, 0.2) is 134 Å². The molecule has 2 heteroatoms. The zero-order chi connectivity index (χ0) is 23.9. The number of fused-ring (bicyclic) bond motifs is 2. The minimum Gasteiger partial charge on any atom is -0.261 e. The second kappa shape index (κ2) is 8.73. The van der Waals surface area contributed by atoms with Gasteiger partial charge in [-0.2, -0.15) is 0 Å². The van der Waals surface area contributed by atoms with Crippen LogP contribution < -0.4 is 0 Å². The van der Waals surface area contributed by atoms with Crippen molar-refractivity contribution >= 4 is 21.5 Å². The first kappa shape index (κ1) is 21.0. The van der Waals surface area contributed by atoms with E-state index in [1.165, 1.54) is 32.7 Å². The van der Waals surface area contributed by atoms with Gasteiger partial charge >= 0.3 is 0 Å². The maximum absolute atomic E-state index is 4.88. The highest BCUT2D eigenvalue weighted by molar-refractivity contribution is 5.84. The number of pyridine rings is 2. The Hall–Kier alpha value is -4.30. The van der Waals surface area contributed by atoms with Crippen LogP contribution in [0.1, 0.15) is 46.2 Å². The van der Waals surface area contributed by atoms with Crippen LogP contribution in [-0.4, -0.2) is 9.97 Å². The van der Waals surface area contributed by atoms with Gasteiger partial charge in [-0.3, -0.25) is 9.97 Å². The number of benzene rings is 4. The molecule has 0 spiro atoms. The van der Waals surface area contributed by atoms with E-state index in [0.717, 1.165) is 11.4 Å². The molecule has 2 heterocycles. The monoisotopic (exact) mass is 462 g/mol. The van der Waals surface area contributed by atoms with Gasteiger partial charge in [-0.05, 0) is 56.9 Å². The largest absolute Gasteiger partial charge is 0.261 e. The normalized spacial score (nSPS) is 21.3. The highest BCUT2D eigenvalue weighted by Gasteiger charge is 2.54. The first-order valence-electron chi connectivity index (χ1n) is 12.7. The van der Waals surface area contributed by atoms with Crippen LogP contribution in [0.2, 0.25) is 0 Å². The molecule has 6 aromatic rings. The average molecular weight is 463 g/mol. The summed E-state index contributed by atoms with van der Waals surface area (Å²) in [5, 5.41) is 5.11. The predicted molar refractivity (Wildman–Crippen MR) is 147 cm³/mol. The van der Waals surface area contributed by atoms with E-state index in [0.29, 0.717) is 0 Å². The third-order valence-corrected chi connectivity index (χ3v) is 7.92. The highest BCUT2D eigenvalue weighted by atomic mass is 14.8. The number of nitrogens with zero attached hydrogens (tertiary/aromatic N) is 2. The maximum atomic E-state index is 4.88. The van der Waals surface area contributed by atoms with Crippen LogP contribution in [0.4, 0.5) is 0 Å². The Bertz CT molecular complexity index is 1520. The Balaban J connectivity index is 1.43. The molecule has 0 radical (unpaired) electrons. The summed E-state index contributed by atoms with van der Waals surface area (Å²) >= 11 is 0. The second-order valence-corrected chi connectivity index (χ2v) is 9.83. The lowest BCUT2D eigenvalue weighted by molar-refractivity contribution is 0.220. The molecular weight excluding hydrogens is 436 g/mol. The van der Waals surface area contributed by atoms with E-state index in [2.05, 4.69) is 109 Å². The minimum absolute atomic E-state index is 0.264. The van der Waals surface area contributed by atoms with Crippen molar-refractivity contribution in [3.8, 4) is 0 Å². The van der Waals surface area contributed by atoms with Crippen LogP contribution in [0.3, 0.4) is 0 Å². The van der Waals surface area contributed by atoms with Gasteiger partial charge in [0.25, 0.3) is 0 Å². The zero-order valence-electron chi connectivity index (χ0n) is 19.9. The molecule has 2 aromatic heterocycles. The van der Waals surface area contributed by atoms with E-state index >= 15 is 0 Å². The van der Waals surface area contributed by atoms with E-state index < -0.39 is 0 Å². The van der Waals surface area contributed by atoms with Crippen molar-refractivity contribution in [3.63, 3.8) is 0 Å². The molecule has 0 aliphatic heterocycles. The third-order valence-electron chi connectivity index (χ3n) is 7.92. The molecule has 1 saturated carbocycles. The Morgan fingerprint density at radius 3 is 1.19 bits per heavy atom. The summed E-state index contributed by atoms with van der Waals surface area (Å²) in [5.74, 6) is 1.10. The van der Waals surface area contributed by atoms with Gasteiger partial charge in [0.05, 0.1) is 0 Å². The smallest absolute Gasteiger partial charge is 0.0447 e. The van der Waals surface area contributed by atoms with Crippen molar-refractivity contribution in [2.45, 2.75) is 23.7 Å². The first-order valence-corrected chi connectivity index (χ1v) is 12.7. The van der Waals surface area contributed by atoms with Crippen molar-refractivity contribution in [1.82, 2.24) is 9.97 Å². The Labute approximate surface area is 211 Å². The van der Waals surface area contributed by atoms with E-state index in [1.54, 1.807) is 0 Å². The molecule has 7 rings (SSSR count). The molecule has 172 valence electrons. The van der Waals surface area contributed by atoms with Crippen molar-refractivity contribution in [1.29, 1.82) is 0 Å².